The monoisotopic (exact) mass is 625 g/mol. The van der Waals surface area contributed by atoms with Crippen LogP contribution in [0.25, 0.3) is 98.8 Å². The molecule has 0 bridgehead atoms. The molecule has 1 heteroatoms. The highest BCUT2D eigenvalue weighted by Gasteiger charge is 2.18. The van der Waals surface area contributed by atoms with Crippen molar-refractivity contribution < 1.29 is 8.53 Å². The minimum atomic E-state index is -0.140. The zero-order chi connectivity index (χ0) is 34.9. The number of hydrogen-bond acceptors (Lipinski definition) is 1. The third kappa shape index (κ3) is 4.40. The normalized spacial score (nSPS) is 12.5. The molecule has 0 N–H and O–H groups in total. The Hall–Kier alpha value is -6.44. The van der Waals surface area contributed by atoms with Crippen molar-refractivity contribution in [3.63, 3.8) is 0 Å². The first-order chi connectivity index (χ1) is 25.6. The van der Waals surface area contributed by atoms with Crippen molar-refractivity contribution in [2.24, 2.45) is 0 Å². The fourth-order valence-corrected chi connectivity index (χ4v) is 7.60. The lowest BCUT2D eigenvalue weighted by atomic mass is 9.85. The van der Waals surface area contributed by atoms with Crippen molar-refractivity contribution in [2.75, 3.05) is 0 Å². The van der Waals surface area contributed by atoms with Crippen LogP contribution in [0.4, 0.5) is 0 Å². The van der Waals surface area contributed by atoms with E-state index in [2.05, 4.69) is 115 Å². The molecule has 0 saturated carbocycles. The highest BCUT2D eigenvalue weighted by molar-refractivity contribution is 6.22. The molecular formula is C48H30O. The van der Waals surface area contributed by atoms with Gasteiger partial charge in [-0.3, -0.25) is 0 Å². The van der Waals surface area contributed by atoms with Gasteiger partial charge in [0.15, 0.2) is 0 Å². The van der Waals surface area contributed by atoms with Gasteiger partial charge in [-0.15, -0.1) is 0 Å². The molecule has 0 saturated heterocycles. The van der Waals surface area contributed by atoms with Crippen LogP contribution in [0.15, 0.2) is 186 Å². The summed E-state index contributed by atoms with van der Waals surface area (Å²) in [5, 5.41) is 8.24. The first-order valence-electron chi connectivity index (χ1n) is 18.1. The third-order valence-electron chi connectivity index (χ3n) is 9.87. The molecule has 10 rings (SSSR count). The van der Waals surface area contributed by atoms with E-state index in [1.807, 2.05) is 48.5 Å². The molecule has 0 aliphatic heterocycles. The van der Waals surface area contributed by atoms with Crippen LogP contribution >= 0.6 is 0 Å². The van der Waals surface area contributed by atoms with Gasteiger partial charge in [-0.05, 0) is 83.5 Å². The zero-order valence-corrected chi connectivity index (χ0v) is 26.5. The Labute approximate surface area is 288 Å². The molecule has 1 nitrogen and oxygen atoms in total. The lowest BCUT2D eigenvalue weighted by molar-refractivity contribution is 0.673. The zero-order valence-electron chi connectivity index (χ0n) is 29.5. The molecule has 0 aliphatic rings. The van der Waals surface area contributed by atoms with Crippen LogP contribution < -0.4 is 0 Å². The van der Waals surface area contributed by atoms with Crippen LogP contribution in [0, 0.1) is 0 Å². The summed E-state index contributed by atoms with van der Waals surface area (Å²) in [6.45, 7) is 0. The van der Waals surface area contributed by atoms with E-state index < -0.39 is 0 Å². The summed E-state index contributed by atoms with van der Waals surface area (Å²) in [7, 11) is 0. The minimum Gasteiger partial charge on any atom is -0.455 e. The molecule has 0 radical (unpaired) electrons. The van der Waals surface area contributed by atoms with Crippen LogP contribution in [-0.4, -0.2) is 0 Å². The maximum absolute atomic E-state index is 9.08. The Morgan fingerprint density at radius 1 is 0.367 bits per heavy atom. The lowest BCUT2D eigenvalue weighted by Gasteiger charge is -2.18. The number of rotatable bonds is 4. The molecule has 0 fully saturated rings. The van der Waals surface area contributed by atoms with Gasteiger partial charge in [-0.2, -0.15) is 0 Å². The van der Waals surface area contributed by atoms with Gasteiger partial charge in [0.2, 0.25) is 0 Å². The van der Waals surface area contributed by atoms with E-state index in [-0.39, 0.29) is 18.1 Å². The predicted molar refractivity (Wildman–Crippen MR) is 208 cm³/mol. The van der Waals surface area contributed by atoms with Crippen molar-refractivity contribution in [1.82, 2.24) is 0 Å². The Morgan fingerprint density at radius 3 is 1.47 bits per heavy atom. The smallest absolute Gasteiger partial charge is 0.143 e. The van der Waals surface area contributed by atoms with E-state index in [4.69, 9.17) is 8.53 Å². The van der Waals surface area contributed by atoms with Gasteiger partial charge < -0.3 is 4.42 Å². The molecule has 1 aromatic heterocycles. The van der Waals surface area contributed by atoms with Gasteiger partial charge in [-0.1, -0.05) is 170 Å². The molecule has 0 amide bonds. The molecule has 0 spiro atoms. The maximum atomic E-state index is 9.08. The molecule has 0 unspecified atom stereocenters. The fourth-order valence-electron chi connectivity index (χ4n) is 7.60. The summed E-state index contributed by atoms with van der Waals surface area (Å²) in [6.07, 6.45) is 0. The van der Waals surface area contributed by atoms with Crippen LogP contribution in [-0.2, 0) is 0 Å². The van der Waals surface area contributed by atoms with Crippen molar-refractivity contribution in [3.05, 3.63) is 182 Å². The van der Waals surface area contributed by atoms with E-state index in [0.717, 1.165) is 32.8 Å². The Kier molecular flexibility index (Phi) is 5.58. The fraction of sp³-hybridized carbons (Fsp3) is 0. The van der Waals surface area contributed by atoms with Crippen molar-refractivity contribution in [3.8, 4) is 44.5 Å². The molecule has 49 heavy (non-hydrogen) atoms. The Balaban J connectivity index is 1.16. The SMILES string of the molecule is [2H]c1c([2H])c(-c2ccc(-c3c4ccccc4c(-c4ccc(-c5ccccc5)cc4)c4ccccc34)cc2)c2c(oc3c4ccccc4ccc32)c1[2H]. The molecular weight excluding hydrogens is 593 g/mol. The number of hydrogen-bond donors (Lipinski definition) is 0. The molecule has 0 aliphatic carbocycles. The summed E-state index contributed by atoms with van der Waals surface area (Å²) in [6, 6.07) is 56.9. The highest BCUT2D eigenvalue weighted by atomic mass is 16.3. The van der Waals surface area contributed by atoms with Gasteiger partial charge in [0.1, 0.15) is 11.2 Å². The minimum absolute atomic E-state index is 0.0274. The van der Waals surface area contributed by atoms with Crippen molar-refractivity contribution >= 4 is 54.3 Å². The van der Waals surface area contributed by atoms with Gasteiger partial charge in [0, 0.05) is 16.2 Å². The van der Waals surface area contributed by atoms with E-state index in [0.29, 0.717) is 22.1 Å². The quantitative estimate of drug-likeness (QED) is 0.177. The molecule has 9 aromatic carbocycles. The number of furan rings is 1. The summed E-state index contributed by atoms with van der Waals surface area (Å²) >= 11 is 0. The van der Waals surface area contributed by atoms with Crippen LogP contribution in [0.2, 0.25) is 0 Å². The van der Waals surface area contributed by atoms with Gasteiger partial charge in [-0.25, -0.2) is 0 Å². The topological polar surface area (TPSA) is 13.1 Å². The maximum Gasteiger partial charge on any atom is 0.143 e. The first-order valence-corrected chi connectivity index (χ1v) is 16.6. The summed E-state index contributed by atoms with van der Waals surface area (Å²) in [5.41, 5.74) is 9.44. The predicted octanol–water partition coefficient (Wildman–Crippen LogP) is 13.7. The lowest BCUT2D eigenvalue weighted by Crippen LogP contribution is -1.91. The summed E-state index contributed by atoms with van der Waals surface area (Å²) < 4.78 is 32.9. The second kappa shape index (κ2) is 11.1. The average Bonchev–Trinajstić information content (AvgIpc) is 3.60. The van der Waals surface area contributed by atoms with E-state index in [9.17, 15) is 0 Å². The van der Waals surface area contributed by atoms with Crippen LogP contribution in [0.3, 0.4) is 0 Å². The molecule has 228 valence electrons. The number of benzene rings is 9. The van der Waals surface area contributed by atoms with Crippen LogP contribution in [0.5, 0.6) is 0 Å². The number of fused-ring (bicyclic) bond motifs is 7. The first kappa shape index (κ1) is 24.7. The second-order valence-corrected chi connectivity index (χ2v) is 12.6. The van der Waals surface area contributed by atoms with Crippen molar-refractivity contribution in [1.29, 1.82) is 0 Å². The molecule has 0 atom stereocenters. The largest absolute Gasteiger partial charge is 0.455 e. The standard InChI is InChI=1S/C48H30O/c1-2-11-31(12-3-1)32-21-25-35(26-22-32)45-39-15-6-8-17-41(39)46(42-18-9-7-16-40(42)45)36-27-23-34(24-28-36)37-19-10-20-44-47(37)43-30-29-33-13-4-5-14-38(33)48(43)49-44/h1-30H/i10D,19D,20D. The molecule has 10 aromatic rings. The van der Waals surface area contributed by atoms with Gasteiger partial charge in [0.05, 0.1) is 4.11 Å². The Morgan fingerprint density at radius 2 is 0.857 bits per heavy atom. The molecule has 1 heterocycles. The summed E-state index contributed by atoms with van der Waals surface area (Å²) in [4.78, 5) is 0. The average molecular weight is 626 g/mol. The van der Waals surface area contributed by atoms with E-state index >= 15 is 0 Å². The Bertz CT molecular complexity index is 2960. The summed E-state index contributed by atoms with van der Waals surface area (Å²) in [5.74, 6) is 0. The van der Waals surface area contributed by atoms with Gasteiger partial charge in [0.25, 0.3) is 0 Å². The van der Waals surface area contributed by atoms with E-state index in [1.165, 1.54) is 43.8 Å². The third-order valence-corrected chi connectivity index (χ3v) is 9.87. The van der Waals surface area contributed by atoms with E-state index in [1.54, 1.807) is 0 Å². The highest BCUT2D eigenvalue weighted by Crippen LogP contribution is 2.45. The van der Waals surface area contributed by atoms with Gasteiger partial charge >= 0.3 is 0 Å². The van der Waals surface area contributed by atoms with Crippen molar-refractivity contribution in [2.45, 2.75) is 0 Å². The van der Waals surface area contributed by atoms with Crippen LogP contribution in [0.1, 0.15) is 4.11 Å². The second-order valence-electron chi connectivity index (χ2n) is 12.6.